The van der Waals surface area contributed by atoms with Gasteiger partial charge in [-0.05, 0) is 12.1 Å². The topological polar surface area (TPSA) is 78.8 Å². The number of carbonyl (C=O) groups excluding carboxylic acids is 1. The van der Waals surface area contributed by atoms with Crippen LogP contribution in [0.1, 0.15) is 6.92 Å². The highest BCUT2D eigenvalue weighted by Gasteiger charge is 2.24. The highest BCUT2D eigenvalue weighted by atomic mass is 32.2. The summed E-state index contributed by atoms with van der Waals surface area (Å²) in [6, 6.07) is 6.53. The number of anilines is 1. The standard InChI is InChI=1S/C11H13N3O3S/c1-8(15)14(2)7-11-12-9-5-3-4-6-10(9)18(16,17)13-11/h3-6H,7H2,1-2H3,(H,12,13). The molecule has 0 aliphatic carbocycles. The van der Waals surface area contributed by atoms with Gasteiger partial charge in [0.15, 0.2) is 0 Å². The van der Waals surface area contributed by atoms with E-state index in [1.54, 1.807) is 25.2 Å². The van der Waals surface area contributed by atoms with Gasteiger partial charge in [0.25, 0.3) is 10.0 Å². The summed E-state index contributed by atoms with van der Waals surface area (Å²) in [6.45, 7) is 1.54. The molecular weight excluding hydrogens is 254 g/mol. The molecule has 18 heavy (non-hydrogen) atoms. The summed E-state index contributed by atoms with van der Waals surface area (Å²) in [7, 11) is -2.09. The molecule has 0 unspecified atom stereocenters. The molecule has 7 heteroatoms. The molecule has 1 aliphatic rings. The fourth-order valence-electron chi connectivity index (χ4n) is 1.57. The normalized spacial score (nSPS) is 16.2. The molecule has 1 heterocycles. The van der Waals surface area contributed by atoms with E-state index < -0.39 is 10.0 Å². The van der Waals surface area contributed by atoms with Crippen molar-refractivity contribution >= 4 is 27.5 Å². The molecule has 1 amide bonds. The maximum atomic E-state index is 11.9. The van der Waals surface area contributed by atoms with Gasteiger partial charge in [0, 0.05) is 14.0 Å². The number of nitrogens with one attached hydrogen (secondary N) is 1. The SMILES string of the molecule is CC(=O)N(C)CC1=NS(=O)(=O)c2ccccc2N1. The Hall–Kier alpha value is -1.89. The number of para-hydroxylation sites is 1. The third-order valence-corrected chi connectivity index (χ3v) is 3.97. The van der Waals surface area contributed by atoms with Crippen molar-refractivity contribution in [3.8, 4) is 0 Å². The van der Waals surface area contributed by atoms with E-state index >= 15 is 0 Å². The molecule has 0 fully saturated rings. The Kier molecular flexibility index (Phi) is 3.08. The summed E-state index contributed by atoms with van der Waals surface area (Å²) in [6.07, 6.45) is 0. The number of benzene rings is 1. The van der Waals surface area contributed by atoms with Gasteiger partial charge < -0.3 is 10.2 Å². The van der Waals surface area contributed by atoms with E-state index in [1.807, 2.05) is 0 Å². The predicted molar refractivity (Wildman–Crippen MR) is 68.0 cm³/mol. The zero-order valence-electron chi connectivity index (χ0n) is 10.0. The monoisotopic (exact) mass is 267 g/mol. The van der Waals surface area contributed by atoms with Gasteiger partial charge >= 0.3 is 0 Å². The lowest BCUT2D eigenvalue weighted by molar-refractivity contribution is -0.126. The van der Waals surface area contributed by atoms with Gasteiger partial charge in [-0.3, -0.25) is 4.79 Å². The molecular formula is C11H13N3O3S. The van der Waals surface area contributed by atoms with Crippen LogP contribution in [0.3, 0.4) is 0 Å². The Morgan fingerprint density at radius 2 is 2.06 bits per heavy atom. The highest BCUT2D eigenvalue weighted by molar-refractivity contribution is 7.90. The second-order valence-electron chi connectivity index (χ2n) is 4.01. The van der Waals surface area contributed by atoms with Crippen molar-refractivity contribution in [2.24, 2.45) is 4.40 Å². The van der Waals surface area contributed by atoms with Gasteiger partial charge in [-0.2, -0.15) is 8.42 Å². The number of amidine groups is 1. The molecule has 1 aromatic rings. The lowest BCUT2D eigenvalue weighted by Gasteiger charge is -2.21. The summed E-state index contributed by atoms with van der Waals surface area (Å²) in [5, 5.41) is 2.92. The smallest absolute Gasteiger partial charge is 0.286 e. The van der Waals surface area contributed by atoms with Crippen LogP contribution in [0.25, 0.3) is 0 Å². The molecule has 1 aromatic carbocycles. The first kappa shape index (κ1) is 12.6. The lowest BCUT2D eigenvalue weighted by atomic mass is 10.3. The van der Waals surface area contributed by atoms with Crippen LogP contribution in [0.15, 0.2) is 33.6 Å². The van der Waals surface area contributed by atoms with Crippen molar-refractivity contribution in [2.45, 2.75) is 11.8 Å². The first-order valence-corrected chi connectivity index (χ1v) is 6.76. The van der Waals surface area contributed by atoms with E-state index in [-0.39, 0.29) is 23.2 Å². The number of amides is 1. The van der Waals surface area contributed by atoms with E-state index in [1.165, 1.54) is 17.9 Å². The molecule has 6 nitrogen and oxygen atoms in total. The molecule has 96 valence electrons. The fraction of sp³-hybridized carbons (Fsp3) is 0.273. The Balaban J connectivity index is 2.34. The van der Waals surface area contributed by atoms with Crippen molar-refractivity contribution in [1.29, 1.82) is 0 Å². The van der Waals surface area contributed by atoms with Gasteiger partial charge in [-0.1, -0.05) is 12.1 Å². The fourth-order valence-corrected chi connectivity index (χ4v) is 2.71. The molecule has 1 N–H and O–H groups in total. The average Bonchev–Trinajstić information content (AvgIpc) is 2.28. The van der Waals surface area contributed by atoms with E-state index in [9.17, 15) is 13.2 Å². The number of fused-ring (bicyclic) bond motifs is 1. The minimum Gasteiger partial charge on any atom is -0.340 e. The highest BCUT2D eigenvalue weighted by Crippen LogP contribution is 2.26. The van der Waals surface area contributed by atoms with Crippen molar-refractivity contribution in [3.05, 3.63) is 24.3 Å². The molecule has 0 saturated carbocycles. The summed E-state index contributed by atoms with van der Waals surface area (Å²) >= 11 is 0. The Morgan fingerprint density at radius 3 is 2.72 bits per heavy atom. The third kappa shape index (κ3) is 2.35. The Morgan fingerprint density at radius 1 is 1.39 bits per heavy atom. The van der Waals surface area contributed by atoms with Crippen LogP contribution in [0.5, 0.6) is 0 Å². The van der Waals surface area contributed by atoms with E-state index in [4.69, 9.17) is 0 Å². The van der Waals surface area contributed by atoms with Gasteiger partial charge in [-0.25, -0.2) is 0 Å². The summed E-state index contributed by atoms with van der Waals surface area (Å²) in [4.78, 5) is 12.7. The number of nitrogens with zero attached hydrogens (tertiary/aromatic N) is 2. The zero-order chi connectivity index (χ0) is 13.3. The maximum absolute atomic E-state index is 11.9. The summed E-state index contributed by atoms with van der Waals surface area (Å²) < 4.78 is 27.5. The minimum absolute atomic E-state index is 0.128. The van der Waals surface area contributed by atoms with Crippen molar-refractivity contribution < 1.29 is 13.2 Å². The average molecular weight is 267 g/mol. The van der Waals surface area contributed by atoms with E-state index in [0.717, 1.165) is 0 Å². The van der Waals surface area contributed by atoms with Crippen LogP contribution in [0.4, 0.5) is 5.69 Å². The van der Waals surface area contributed by atoms with Gasteiger partial charge in [-0.15, -0.1) is 4.40 Å². The quantitative estimate of drug-likeness (QED) is 0.854. The van der Waals surface area contributed by atoms with Crippen molar-refractivity contribution in [2.75, 3.05) is 18.9 Å². The largest absolute Gasteiger partial charge is 0.340 e. The van der Waals surface area contributed by atoms with Crippen LogP contribution < -0.4 is 5.32 Å². The molecule has 0 radical (unpaired) electrons. The van der Waals surface area contributed by atoms with Crippen LogP contribution in [-0.2, 0) is 14.8 Å². The molecule has 0 saturated heterocycles. The Labute approximate surface area is 105 Å². The number of carbonyl (C=O) groups is 1. The number of hydrogen-bond donors (Lipinski definition) is 1. The Bertz CT molecular complexity index is 622. The first-order valence-electron chi connectivity index (χ1n) is 5.32. The first-order chi connectivity index (χ1) is 8.40. The predicted octanol–water partition coefficient (Wildman–Crippen LogP) is 0.678. The number of likely N-dealkylation sites (N-methyl/N-ethyl adjacent to an activating group) is 1. The van der Waals surface area contributed by atoms with Gasteiger partial charge in [0.05, 0.1) is 12.2 Å². The number of rotatable bonds is 2. The van der Waals surface area contributed by atoms with Gasteiger partial charge in [0.1, 0.15) is 10.7 Å². The molecule has 1 aliphatic heterocycles. The van der Waals surface area contributed by atoms with Crippen molar-refractivity contribution in [1.82, 2.24) is 4.90 Å². The lowest BCUT2D eigenvalue weighted by Crippen LogP contribution is -2.35. The minimum atomic E-state index is -3.68. The molecule has 0 spiro atoms. The zero-order valence-corrected chi connectivity index (χ0v) is 10.9. The second-order valence-corrected chi connectivity index (χ2v) is 5.58. The molecule has 0 bridgehead atoms. The van der Waals surface area contributed by atoms with Gasteiger partial charge in [0.2, 0.25) is 5.91 Å². The molecule has 0 atom stereocenters. The molecule has 2 rings (SSSR count). The molecule has 0 aromatic heterocycles. The van der Waals surface area contributed by atoms with E-state index in [2.05, 4.69) is 9.71 Å². The van der Waals surface area contributed by atoms with Crippen LogP contribution in [0, 0.1) is 0 Å². The summed E-state index contributed by atoms with van der Waals surface area (Å²) in [5.74, 6) is 0.0853. The second kappa shape index (κ2) is 4.41. The van der Waals surface area contributed by atoms with Crippen LogP contribution >= 0.6 is 0 Å². The maximum Gasteiger partial charge on any atom is 0.286 e. The number of hydrogen-bond acceptors (Lipinski definition) is 4. The summed E-state index contributed by atoms with van der Waals surface area (Å²) in [5.41, 5.74) is 0.486. The number of sulfonamides is 1. The third-order valence-electron chi connectivity index (χ3n) is 2.60. The van der Waals surface area contributed by atoms with Crippen LogP contribution in [0.2, 0.25) is 0 Å². The van der Waals surface area contributed by atoms with Crippen molar-refractivity contribution in [3.63, 3.8) is 0 Å². The van der Waals surface area contributed by atoms with E-state index in [0.29, 0.717) is 5.69 Å². The van der Waals surface area contributed by atoms with Crippen LogP contribution in [-0.4, -0.2) is 38.7 Å².